The van der Waals surface area contributed by atoms with Gasteiger partial charge in [-0.25, -0.2) is 9.59 Å². The molecule has 0 aliphatic carbocycles. The van der Waals surface area contributed by atoms with E-state index in [0.29, 0.717) is 0 Å². The molecule has 2 aliphatic rings. The lowest BCUT2D eigenvalue weighted by Crippen LogP contribution is -2.49. The summed E-state index contributed by atoms with van der Waals surface area (Å²) in [7, 11) is 0. The summed E-state index contributed by atoms with van der Waals surface area (Å²) in [5.74, 6) is 0. The van der Waals surface area contributed by atoms with Crippen molar-refractivity contribution in [1.29, 1.82) is 0 Å². The summed E-state index contributed by atoms with van der Waals surface area (Å²) in [6, 6.07) is 12.0. The highest BCUT2D eigenvalue weighted by molar-refractivity contribution is 9.10. The molecule has 0 radical (unpaired) electrons. The molecule has 2 aromatic carbocycles. The molecule has 2 heterocycles. The van der Waals surface area contributed by atoms with E-state index in [1.54, 1.807) is 15.9 Å². The first-order valence-electron chi connectivity index (χ1n) is 15.6. The summed E-state index contributed by atoms with van der Waals surface area (Å²) < 4.78 is 12.8. The van der Waals surface area contributed by atoms with Crippen LogP contribution in [0.1, 0.15) is 87.9 Å². The summed E-state index contributed by atoms with van der Waals surface area (Å²) in [5, 5.41) is 0. The molecule has 45 heavy (non-hydrogen) atoms. The van der Waals surface area contributed by atoms with Gasteiger partial charge in [0.05, 0.1) is 0 Å². The molecule has 10 heteroatoms. The van der Waals surface area contributed by atoms with Crippen molar-refractivity contribution in [3.8, 4) is 0 Å². The number of rotatable bonds is 3. The number of aldehydes is 1. The molecule has 250 valence electrons. The lowest BCUT2D eigenvalue weighted by molar-refractivity contribution is 0.0137. The fourth-order valence-corrected chi connectivity index (χ4v) is 5.62. The predicted octanol–water partition coefficient (Wildman–Crippen LogP) is 8.79. The van der Waals surface area contributed by atoms with Crippen molar-refractivity contribution < 1.29 is 23.9 Å². The van der Waals surface area contributed by atoms with Crippen LogP contribution >= 0.6 is 31.9 Å². The highest BCUT2D eigenvalue weighted by Crippen LogP contribution is 2.19. The zero-order chi connectivity index (χ0) is 33.8. The van der Waals surface area contributed by atoms with Crippen molar-refractivity contribution in [1.82, 2.24) is 14.7 Å². The molecule has 2 fully saturated rings. The van der Waals surface area contributed by atoms with E-state index in [9.17, 15) is 14.4 Å². The molecule has 0 bridgehead atoms. The van der Waals surface area contributed by atoms with Crippen LogP contribution < -0.4 is 0 Å². The minimum absolute atomic E-state index is 0.160. The van der Waals surface area contributed by atoms with Gasteiger partial charge in [0.2, 0.25) is 0 Å². The van der Waals surface area contributed by atoms with E-state index in [-0.39, 0.29) is 17.8 Å². The summed E-state index contributed by atoms with van der Waals surface area (Å²) >= 11 is 6.81. The van der Waals surface area contributed by atoms with Crippen molar-refractivity contribution in [3.05, 3.63) is 67.6 Å². The molecule has 2 amide bonds. The van der Waals surface area contributed by atoms with Crippen LogP contribution in [0.15, 0.2) is 45.3 Å². The van der Waals surface area contributed by atoms with Gasteiger partial charge in [0, 0.05) is 60.3 Å². The first-order chi connectivity index (χ1) is 21.0. The van der Waals surface area contributed by atoms with Crippen molar-refractivity contribution in [2.75, 3.05) is 39.3 Å². The second-order valence-electron chi connectivity index (χ2n) is 13.5. The first-order valence-corrected chi connectivity index (χ1v) is 17.2. The van der Waals surface area contributed by atoms with Crippen LogP contribution in [0.4, 0.5) is 9.59 Å². The Bertz CT molecular complexity index is 1260. The van der Waals surface area contributed by atoms with E-state index in [1.165, 1.54) is 17.5 Å². The number of amides is 2. The molecule has 0 unspecified atom stereocenters. The summed E-state index contributed by atoms with van der Waals surface area (Å²) in [6.45, 7) is 21.3. The molecule has 2 aromatic rings. The lowest BCUT2D eigenvalue weighted by atomic mass is 10.1. The molecule has 2 saturated heterocycles. The Balaban J connectivity index is 0.000000259. The van der Waals surface area contributed by atoms with E-state index >= 15 is 0 Å². The Kier molecular flexibility index (Phi) is 15.5. The van der Waals surface area contributed by atoms with Crippen LogP contribution in [0, 0.1) is 13.8 Å². The number of carbonyl (C=O) groups is 3. The van der Waals surface area contributed by atoms with E-state index < -0.39 is 5.60 Å². The van der Waals surface area contributed by atoms with Gasteiger partial charge in [0.25, 0.3) is 0 Å². The lowest BCUT2D eigenvalue weighted by Gasteiger charge is -2.35. The standard InChI is InChI=1S/C17H25BrN2O2.C10H19NO2.C8H7BrO/c1-13-11-15(18)6-5-14(13)12-19-7-9-20(10-8-19)16(21)22-17(2,3)4;1-10(2,3)13-9(12)11-7-5-4-6-8-11;1-6-4-8(9)3-2-7(6)5-10/h5-6,11H,7-10,12H2,1-4H3;4-8H2,1-3H3;2-5H,1H3. The normalized spacial score (nSPS) is 15.6. The molecular formula is C35H51Br2N3O5. The third kappa shape index (κ3) is 15.1. The van der Waals surface area contributed by atoms with E-state index in [1.807, 2.05) is 60.6 Å². The second kappa shape index (κ2) is 18.0. The molecular weight excluding hydrogens is 702 g/mol. The van der Waals surface area contributed by atoms with E-state index in [2.05, 4.69) is 61.9 Å². The van der Waals surface area contributed by atoms with Gasteiger partial charge >= 0.3 is 12.2 Å². The van der Waals surface area contributed by atoms with E-state index in [4.69, 9.17) is 9.47 Å². The number of benzene rings is 2. The SMILES string of the molecule is CC(C)(C)OC(=O)N1CCCCC1.Cc1cc(Br)ccc1C=O.Cc1cc(Br)ccc1CN1CCN(C(=O)OC(C)(C)C)CC1. The monoisotopic (exact) mass is 751 g/mol. The first kappa shape index (κ1) is 38.8. The van der Waals surface area contributed by atoms with Crippen LogP contribution in [-0.2, 0) is 16.0 Å². The van der Waals surface area contributed by atoms with Crippen molar-refractivity contribution in [2.45, 2.75) is 92.4 Å². The highest BCUT2D eigenvalue weighted by atomic mass is 79.9. The Morgan fingerprint density at radius 2 is 1.18 bits per heavy atom. The zero-order valence-electron chi connectivity index (χ0n) is 28.3. The fraction of sp³-hybridized carbons (Fsp3) is 0.571. The summed E-state index contributed by atoms with van der Waals surface area (Å²) in [5.41, 5.74) is 3.60. The van der Waals surface area contributed by atoms with Crippen LogP contribution in [0.5, 0.6) is 0 Å². The molecule has 2 aliphatic heterocycles. The summed E-state index contributed by atoms with van der Waals surface area (Å²) in [6.07, 6.45) is 3.96. The largest absolute Gasteiger partial charge is 0.444 e. The topological polar surface area (TPSA) is 79.4 Å². The molecule has 0 spiro atoms. The highest BCUT2D eigenvalue weighted by Gasteiger charge is 2.26. The number of hydrogen-bond donors (Lipinski definition) is 0. The maximum Gasteiger partial charge on any atom is 0.410 e. The Labute approximate surface area is 287 Å². The van der Waals surface area contributed by atoms with Crippen molar-refractivity contribution in [3.63, 3.8) is 0 Å². The number of piperazine rings is 1. The molecule has 0 N–H and O–H groups in total. The summed E-state index contributed by atoms with van der Waals surface area (Å²) in [4.78, 5) is 39.9. The van der Waals surface area contributed by atoms with Gasteiger partial charge in [-0.2, -0.15) is 0 Å². The fourth-order valence-electron chi connectivity index (χ4n) is 4.67. The van der Waals surface area contributed by atoms with Gasteiger partial charge in [-0.05, 0) is 116 Å². The number of hydrogen-bond acceptors (Lipinski definition) is 6. The smallest absolute Gasteiger partial charge is 0.410 e. The number of ether oxygens (including phenoxy) is 2. The average molecular weight is 754 g/mol. The number of carbonyl (C=O) groups excluding carboxylic acids is 3. The van der Waals surface area contributed by atoms with Crippen molar-refractivity contribution in [2.24, 2.45) is 0 Å². The van der Waals surface area contributed by atoms with Crippen LogP contribution in [-0.4, -0.2) is 83.6 Å². The number of aryl methyl sites for hydroxylation is 2. The molecule has 0 aromatic heterocycles. The third-order valence-electron chi connectivity index (χ3n) is 7.09. The maximum atomic E-state index is 12.1. The molecule has 4 rings (SSSR count). The molecule has 0 atom stereocenters. The maximum absolute atomic E-state index is 12.1. The minimum atomic E-state index is -0.428. The number of piperidine rings is 1. The van der Waals surface area contributed by atoms with Crippen molar-refractivity contribution >= 4 is 50.3 Å². The van der Waals surface area contributed by atoms with Gasteiger partial charge in [-0.3, -0.25) is 9.69 Å². The Morgan fingerprint density at radius 1 is 0.711 bits per heavy atom. The molecule has 8 nitrogen and oxygen atoms in total. The minimum Gasteiger partial charge on any atom is -0.444 e. The number of nitrogens with zero attached hydrogens (tertiary/aromatic N) is 3. The van der Waals surface area contributed by atoms with E-state index in [0.717, 1.165) is 85.0 Å². The Morgan fingerprint density at radius 3 is 1.62 bits per heavy atom. The van der Waals surface area contributed by atoms with Crippen LogP contribution in [0.3, 0.4) is 0 Å². The van der Waals surface area contributed by atoms with Gasteiger partial charge in [-0.15, -0.1) is 0 Å². The quantitative estimate of drug-likeness (QED) is 0.292. The van der Waals surface area contributed by atoms with Gasteiger partial charge in [-0.1, -0.05) is 44.0 Å². The number of halogens is 2. The molecule has 0 saturated carbocycles. The second-order valence-corrected chi connectivity index (χ2v) is 15.3. The third-order valence-corrected chi connectivity index (χ3v) is 8.08. The average Bonchev–Trinajstić information content (AvgIpc) is 2.94. The van der Waals surface area contributed by atoms with Gasteiger partial charge in [0.1, 0.15) is 17.5 Å². The van der Waals surface area contributed by atoms with Crippen LogP contribution in [0.2, 0.25) is 0 Å². The van der Waals surface area contributed by atoms with Gasteiger partial charge in [0.15, 0.2) is 0 Å². The van der Waals surface area contributed by atoms with Crippen LogP contribution in [0.25, 0.3) is 0 Å². The predicted molar refractivity (Wildman–Crippen MR) is 188 cm³/mol. The Hall–Kier alpha value is -2.43. The number of likely N-dealkylation sites (tertiary alicyclic amines) is 1. The zero-order valence-corrected chi connectivity index (χ0v) is 31.4. The van der Waals surface area contributed by atoms with Gasteiger partial charge < -0.3 is 19.3 Å².